The maximum absolute atomic E-state index is 6.64. The Morgan fingerprint density at radius 2 is 1.60 bits per heavy atom. The molecule has 0 bridgehead atoms. The summed E-state index contributed by atoms with van der Waals surface area (Å²) in [5.74, 6) is 0. The minimum absolute atomic E-state index is 0.0999. The summed E-state index contributed by atoms with van der Waals surface area (Å²) in [6, 6.07) is 14.9. The van der Waals surface area contributed by atoms with Gasteiger partial charge in [0.1, 0.15) is 0 Å². The average molecular weight is 352 g/mol. The predicted molar refractivity (Wildman–Crippen MR) is 91.7 cm³/mol. The highest BCUT2D eigenvalue weighted by molar-refractivity contribution is 9.10. The van der Waals surface area contributed by atoms with Gasteiger partial charge in [0.25, 0.3) is 0 Å². The first kappa shape index (κ1) is 15.6. The fraction of sp³-hybridized carbons (Fsp3) is 0.333. The number of benzene rings is 2. The summed E-state index contributed by atoms with van der Waals surface area (Å²) in [6.45, 7) is 8.76. The van der Waals surface area contributed by atoms with Gasteiger partial charge in [-0.1, -0.05) is 67.0 Å². The van der Waals surface area contributed by atoms with Crippen LogP contribution in [-0.2, 0) is 5.41 Å². The highest BCUT2D eigenvalue weighted by atomic mass is 79.9. The van der Waals surface area contributed by atoms with E-state index in [4.69, 9.17) is 11.6 Å². The number of aryl methyl sites for hydroxylation is 1. The topological polar surface area (TPSA) is 0 Å². The highest BCUT2D eigenvalue weighted by Gasteiger charge is 2.16. The van der Waals surface area contributed by atoms with Crippen molar-refractivity contribution in [1.29, 1.82) is 0 Å². The molecule has 0 N–H and O–H groups in total. The molecule has 2 rings (SSSR count). The SMILES string of the molecule is Cc1cc(Br)ccc1C(Cl)c1ccc(C(C)(C)C)cc1. The van der Waals surface area contributed by atoms with Gasteiger partial charge in [0.2, 0.25) is 0 Å². The molecule has 0 aliphatic carbocycles. The van der Waals surface area contributed by atoms with Gasteiger partial charge in [0, 0.05) is 4.47 Å². The Morgan fingerprint density at radius 1 is 1.00 bits per heavy atom. The molecule has 0 aliphatic heterocycles. The van der Waals surface area contributed by atoms with Crippen LogP contribution < -0.4 is 0 Å². The van der Waals surface area contributed by atoms with Crippen LogP contribution in [0.2, 0.25) is 0 Å². The molecule has 2 heteroatoms. The van der Waals surface area contributed by atoms with E-state index in [1.54, 1.807) is 0 Å². The summed E-state index contributed by atoms with van der Waals surface area (Å²) in [5.41, 5.74) is 5.02. The molecule has 0 fully saturated rings. The Kier molecular flexibility index (Phi) is 4.61. The molecule has 1 atom stereocenters. The maximum atomic E-state index is 6.64. The molecule has 0 heterocycles. The molecule has 0 aliphatic rings. The molecular weight excluding hydrogens is 332 g/mol. The summed E-state index contributed by atoms with van der Waals surface area (Å²) in [7, 11) is 0. The largest absolute Gasteiger partial charge is 0.113 e. The molecule has 0 nitrogen and oxygen atoms in total. The summed E-state index contributed by atoms with van der Waals surface area (Å²) < 4.78 is 1.09. The van der Waals surface area contributed by atoms with E-state index in [-0.39, 0.29) is 10.8 Å². The Labute approximate surface area is 135 Å². The van der Waals surface area contributed by atoms with Crippen molar-refractivity contribution in [2.24, 2.45) is 0 Å². The minimum Gasteiger partial charge on any atom is -0.113 e. The quantitative estimate of drug-likeness (QED) is 0.550. The van der Waals surface area contributed by atoms with Crippen LogP contribution >= 0.6 is 27.5 Å². The van der Waals surface area contributed by atoms with Gasteiger partial charge < -0.3 is 0 Å². The normalized spacial score (nSPS) is 13.3. The van der Waals surface area contributed by atoms with Gasteiger partial charge in [-0.3, -0.25) is 0 Å². The molecule has 0 radical (unpaired) electrons. The predicted octanol–water partition coefficient (Wildman–Crippen LogP) is 6.38. The molecule has 0 amide bonds. The van der Waals surface area contributed by atoms with Crippen molar-refractivity contribution >= 4 is 27.5 Å². The molecule has 106 valence electrons. The van der Waals surface area contributed by atoms with Crippen LogP contribution in [0.15, 0.2) is 46.9 Å². The molecular formula is C18H20BrCl. The second kappa shape index (κ2) is 5.91. The molecule has 0 saturated heterocycles. The second-order valence-electron chi connectivity index (χ2n) is 6.24. The van der Waals surface area contributed by atoms with Crippen molar-refractivity contribution in [3.8, 4) is 0 Å². The third kappa shape index (κ3) is 3.45. The van der Waals surface area contributed by atoms with Crippen LogP contribution in [0.25, 0.3) is 0 Å². The van der Waals surface area contributed by atoms with E-state index in [1.165, 1.54) is 16.7 Å². The standard InChI is InChI=1S/C18H20BrCl/c1-12-11-15(19)9-10-16(12)17(20)13-5-7-14(8-6-13)18(2,3)4/h5-11,17H,1-4H3. The minimum atomic E-state index is -0.0999. The lowest BCUT2D eigenvalue weighted by molar-refractivity contribution is 0.590. The highest BCUT2D eigenvalue weighted by Crippen LogP contribution is 2.33. The lowest BCUT2D eigenvalue weighted by Crippen LogP contribution is -2.10. The van der Waals surface area contributed by atoms with Crippen molar-refractivity contribution in [3.63, 3.8) is 0 Å². The van der Waals surface area contributed by atoms with Gasteiger partial charge in [-0.05, 0) is 46.7 Å². The van der Waals surface area contributed by atoms with Crippen molar-refractivity contribution in [1.82, 2.24) is 0 Å². The summed E-state index contributed by atoms with van der Waals surface area (Å²) in [4.78, 5) is 0. The third-order valence-electron chi connectivity index (χ3n) is 3.57. The molecule has 2 aromatic rings. The Bertz CT molecular complexity index is 594. The molecule has 0 spiro atoms. The lowest BCUT2D eigenvalue weighted by Gasteiger charge is -2.20. The third-order valence-corrected chi connectivity index (χ3v) is 4.55. The summed E-state index contributed by atoms with van der Waals surface area (Å²) >= 11 is 10.1. The first-order valence-electron chi connectivity index (χ1n) is 6.79. The number of rotatable bonds is 2. The zero-order valence-corrected chi connectivity index (χ0v) is 14.7. The maximum Gasteiger partial charge on any atom is 0.0838 e. The van der Waals surface area contributed by atoms with E-state index in [1.807, 2.05) is 6.07 Å². The van der Waals surface area contributed by atoms with Crippen LogP contribution in [0.1, 0.15) is 48.4 Å². The van der Waals surface area contributed by atoms with Crippen LogP contribution in [0, 0.1) is 6.92 Å². The van der Waals surface area contributed by atoms with Crippen LogP contribution in [0.4, 0.5) is 0 Å². The smallest absolute Gasteiger partial charge is 0.0838 e. The average Bonchev–Trinajstić information content (AvgIpc) is 2.37. The number of hydrogen-bond donors (Lipinski definition) is 0. The van der Waals surface area contributed by atoms with Crippen molar-refractivity contribution in [2.75, 3.05) is 0 Å². The van der Waals surface area contributed by atoms with Gasteiger partial charge in [-0.25, -0.2) is 0 Å². The summed E-state index contributed by atoms with van der Waals surface area (Å²) in [6.07, 6.45) is 0. The van der Waals surface area contributed by atoms with Crippen LogP contribution in [-0.4, -0.2) is 0 Å². The second-order valence-corrected chi connectivity index (χ2v) is 7.59. The van der Waals surface area contributed by atoms with Crippen molar-refractivity contribution in [2.45, 2.75) is 38.5 Å². The van der Waals surface area contributed by atoms with Gasteiger partial charge >= 0.3 is 0 Å². The Morgan fingerprint density at radius 3 is 2.10 bits per heavy atom. The molecule has 20 heavy (non-hydrogen) atoms. The molecule has 1 unspecified atom stereocenters. The fourth-order valence-electron chi connectivity index (χ4n) is 2.26. The molecule has 2 aromatic carbocycles. The first-order chi connectivity index (χ1) is 9.29. The monoisotopic (exact) mass is 350 g/mol. The molecule has 0 saturated carbocycles. The van der Waals surface area contributed by atoms with Gasteiger partial charge in [0.15, 0.2) is 0 Å². The van der Waals surface area contributed by atoms with Crippen LogP contribution in [0.3, 0.4) is 0 Å². The van der Waals surface area contributed by atoms with E-state index >= 15 is 0 Å². The van der Waals surface area contributed by atoms with Gasteiger partial charge in [-0.2, -0.15) is 0 Å². The lowest BCUT2D eigenvalue weighted by atomic mass is 9.86. The van der Waals surface area contributed by atoms with Crippen molar-refractivity contribution < 1.29 is 0 Å². The summed E-state index contributed by atoms with van der Waals surface area (Å²) in [5, 5.41) is -0.0999. The number of alkyl halides is 1. The first-order valence-corrected chi connectivity index (χ1v) is 8.02. The van der Waals surface area contributed by atoms with Gasteiger partial charge in [-0.15, -0.1) is 11.6 Å². The Balaban J connectivity index is 2.31. The van der Waals surface area contributed by atoms with E-state index in [9.17, 15) is 0 Å². The van der Waals surface area contributed by atoms with E-state index in [2.05, 4.69) is 80.0 Å². The fourth-order valence-corrected chi connectivity index (χ4v) is 3.12. The zero-order valence-electron chi connectivity index (χ0n) is 12.4. The van der Waals surface area contributed by atoms with Crippen molar-refractivity contribution in [3.05, 3.63) is 69.2 Å². The van der Waals surface area contributed by atoms with Crippen LogP contribution in [0.5, 0.6) is 0 Å². The molecule has 0 aromatic heterocycles. The number of hydrogen-bond acceptors (Lipinski definition) is 0. The Hall–Kier alpha value is -0.790. The number of halogens is 2. The van der Waals surface area contributed by atoms with E-state index in [0.717, 1.165) is 10.0 Å². The zero-order chi connectivity index (χ0) is 14.9. The van der Waals surface area contributed by atoms with Gasteiger partial charge in [0.05, 0.1) is 5.38 Å². The van der Waals surface area contributed by atoms with E-state index < -0.39 is 0 Å². The van der Waals surface area contributed by atoms with E-state index in [0.29, 0.717) is 0 Å².